The van der Waals surface area contributed by atoms with Gasteiger partial charge in [0, 0.05) is 24.7 Å². The first kappa shape index (κ1) is 14.5. The molecule has 0 bridgehead atoms. The van der Waals surface area contributed by atoms with Gasteiger partial charge in [-0.3, -0.25) is 4.79 Å². The van der Waals surface area contributed by atoms with Crippen molar-refractivity contribution >= 4 is 16.9 Å². The average Bonchev–Trinajstić information content (AvgIpc) is 2.37. The minimum atomic E-state index is 0.128. The van der Waals surface area contributed by atoms with Gasteiger partial charge < -0.3 is 9.47 Å². The van der Waals surface area contributed by atoms with Gasteiger partial charge in [0.1, 0.15) is 0 Å². The van der Waals surface area contributed by atoms with Crippen molar-refractivity contribution in [2.75, 3.05) is 20.0 Å². The molecule has 1 rings (SSSR count). The predicted octanol–water partition coefficient (Wildman–Crippen LogP) is 2.73. The molecule has 0 heterocycles. The second-order valence-corrected chi connectivity index (χ2v) is 4.73. The fraction of sp³-hybridized carbons (Fsp3) is 0.357. The van der Waals surface area contributed by atoms with Crippen LogP contribution in [0.2, 0.25) is 0 Å². The second kappa shape index (κ2) is 7.67. The smallest absolute Gasteiger partial charge is 0.185 e. The number of thioether (sulfide) groups is 1. The summed E-state index contributed by atoms with van der Waals surface area (Å²) >= 11 is 1.29. The Balaban J connectivity index is 2.62. The molecule has 0 spiro atoms. The first-order chi connectivity index (χ1) is 8.67. The van der Waals surface area contributed by atoms with Crippen LogP contribution in [0.4, 0.5) is 0 Å². The summed E-state index contributed by atoms with van der Waals surface area (Å²) in [6.45, 7) is 1.56. The van der Waals surface area contributed by atoms with E-state index in [0.717, 1.165) is 11.3 Å². The summed E-state index contributed by atoms with van der Waals surface area (Å²) in [6.07, 6.45) is 0.693. The van der Waals surface area contributed by atoms with Crippen molar-refractivity contribution in [1.82, 2.24) is 0 Å². The highest BCUT2D eigenvalue weighted by Gasteiger charge is 2.02. The Hall–Kier alpha value is -1.60. The molecule has 96 valence electrons. The van der Waals surface area contributed by atoms with Crippen molar-refractivity contribution in [1.29, 1.82) is 0 Å². The highest BCUT2D eigenvalue weighted by molar-refractivity contribution is 8.13. The molecule has 0 fully saturated rings. The van der Waals surface area contributed by atoms with Crippen LogP contribution in [0.25, 0.3) is 0 Å². The van der Waals surface area contributed by atoms with Crippen LogP contribution in [0.1, 0.15) is 18.9 Å². The number of carbonyl (C=O) groups excluding carboxylic acids is 1. The number of rotatable bonds is 4. The molecule has 4 heteroatoms. The molecule has 0 saturated heterocycles. The number of hydrogen-bond donors (Lipinski definition) is 0. The van der Waals surface area contributed by atoms with Crippen LogP contribution in [-0.4, -0.2) is 25.1 Å². The number of methoxy groups -OCH3 is 2. The molecule has 0 aliphatic heterocycles. The molecule has 0 atom stereocenters. The highest BCUT2D eigenvalue weighted by atomic mass is 32.2. The molecule has 1 aromatic carbocycles. The topological polar surface area (TPSA) is 35.5 Å². The van der Waals surface area contributed by atoms with Gasteiger partial charge in [0.15, 0.2) is 16.6 Å². The largest absolute Gasteiger partial charge is 0.493 e. The SMILES string of the molecule is COc1ccc(C#CCCSC(C)=O)cc1OC. The van der Waals surface area contributed by atoms with Crippen LogP contribution in [0.3, 0.4) is 0 Å². The lowest BCUT2D eigenvalue weighted by Gasteiger charge is -2.06. The van der Waals surface area contributed by atoms with Crippen molar-refractivity contribution < 1.29 is 14.3 Å². The van der Waals surface area contributed by atoms with E-state index < -0.39 is 0 Å². The summed E-state index contributed by atoms with van der Waals surface area (Å²) in [7, 11) is 3.20. The Morgan fingerprint density at radius 2 is 2.00 bits per heavy atom. The molecular formula is C14H16O3S. The van der Waals surface area contributed by atoms with Gasteiger partial charge in [-0.05, 0) is 18.2 Å². The Bertz CT molecular complexity index is 472. The monoisotopic (exact) mass is 264 g/mol. The van der Waals surface area contributed by atoms with E-state index in [2.05, 4.69) is 11.8 Å². The van der Waals surface area contributed by atoms with E-state index in [0.29, 0.717) is 17.9 Å². The molecule has 0 amide bonds. The van der Waals surface area contributed by atoms with E-state index in [4.69, 9.17) is 9.47 Å². The molecule has 0 saturated carbocycles. The zero-order valence-electron chi connectivity index (χ0n) is 10.8. The van der Waals surface area contributed by atoms with Crippen LogP contribution < -0.4 is 9.47 Å². The zero-order chi connectivity index (χ0) is 13.4. The Kier molecular flexibility index (Phi) is 6.16. The van der Waals surface area contributed by atoms with E-state index >= 15 is 0 Å². The first-order valence-corrected chi connectivity index (χ1v) is 6.50. The van der Waals surface area contributed by atoms with E-state index in [1.54, 1.807) is 21.1 Å². The number of benzene rings is 1. The van der Waals surface area contributed by atoms with Gasteiger partial charge in [0.25, 0.3) is 0 Å². The molecule has 0 aromatic heterocycles. The maximum absolute atomic E-state index is 10.7. The quantitative estimate of drug-likeness (QED) is 0.619. The van der Waals surface area contributed by atoms with Crippen molar-refractivity contribution in [2.45, 2.75) is 13.3 Å². The van der Waals surface area contributed by atoms with E-state index in [-0.39, 0.29) is 5.12 Å². The van der Waals surface area contributed by atoms with Gasteiger partial charge in [-0.25, -0.2) is 0 Å². The molecule has 3 nitrogen and oxygen atoms in total. The Morgan fingerprint density at radius 1 is 1.28 bits per heavy atom. The van der Waals surface area contributed by atoms with Crippen molar-refractivity contribution in [3.05, 3.63) is 23.8 Å². The number of hydrogen-bond acceptors (Lipinski definition) is 4. The lowest BCUT2D eigenvalue weighted by atomic mass is 10.2. The Morgan fingerprint density at radius 3 is 2.61 bits per heavy atom. The van der Waals surface area contributed by atoms with Crippen molar-refractivity contribution in [2.24, 2.45) is 0 Å². The molecule has 1 aromatic rings. The summed E-state index contributed by atoms with van der Waals surface area (Å²) in [6, 6.07) is 5.55. The highest BCUT2D eigenvalue weighted by Crippen LogP contribution is 2.27. The van der Waals surface area contributed by atoms with Crippen molar-refractivity contribution in [3.8, 4) is 23.3 Å². The summed E-state index contributed by atoms with van der Waals surface area (Å²) < 4.78 is 10.3. The molecule has 0 aliphatic carbocycles. The predicted molar refractivity (Wildman–Crippen MR) is 74.2 cm³/mol. The van der Waals surface area contributed by atoms with E-state index in [9.17, 15) is 4.79 Å². The molecule has 0 aliphatic rings. The third-order valence-corrected chi connectivity index (χ3v) is 2.96. The number of ether oxygens (including phenoxy) is 2. The molecule has 0 N–H and O–H groups in total. The minimum absolute atomic E-state index is 0.128. The zero-order valence-corrected chi connectivity index (χ0v) is 11.6. The van der Waals surface area contributed by atoms with E-state index in [1.807, 2.05) is 18.2 Å². The lowest BCUT2D eigenvalue weighted by molar-refractivity contribution is -0.109. The maximum atomic E-state index is 10.7. The fourth-order valence-electron chi connectivity index (χ4n) is 1.32. The molecule has 0 unspecified atom stereocenters. The summed E-state index contributed by atoms with van der Waals surface area (Å²) in [5.41, 5.74) is 0.875. The van der Waals surface area contributed by atoms with Gasteiger partial charge >= 0.3 is 0 Å². The van der Waals surface area contributed by atoms with E-state index in [1.165, 1.54) is 11.8 Å². The summed E-state index contributed by atoms with van der Waals surface area (Å²) in [4.78, 5) is 10.7. The van der Waals surface area contributed by atoms with Crippen LogP contribution in [0.15, 0.2) is 18.2 Å². The summed E-state index contributed by atoms with van der Waals surface area (Å²) in [5, 5.41) is 0.128. The van der Waals surface area contributed by atoms with Gasteiger partial charge in [0.2, 0.25) is 0 Å². The van der Waals surface area contributed by atoms with Crippen LogP contribution in [0.5, 0.6) is 11.5 Å². The third kappa shape index (κ3) is 4.72. The number of carbonyl (C=O) groups is 1. The maximum Gasteiger partial charge on any atom is 0.185 e. The molecule has 0 radical (unpaired) electrons. The summed E-state index contributed by atoms with van der Waals surface area (Å²) in [5.74, 6) is 8.15. The lowest BCUT2D eigenvalue weighted by Crippen LogP contribution is -1.90. The first-order valence-electron chi connectivity index (χ1n) is 5.51. The Labute approximate surface area is 112 Å². The molecular weight excluding hydrogens is 248 g/mol. The van der Waals surface area contributed by atoms with Gasteiger partial charge in [-0.1, -0.05) is 23.6 Å². The van der Waals surface area contributed by atoms with Crippen LogP contribution in [-0.2, 0) is 4.79 Å². The average molecular weight is 264 g/mol. The van der Waals surface area contributed by atoms with Gasteiger partial charge in [-0.2, -0.15) is 0 Å². The third-order valence-electron chi connectivity index (χ3n) is 2.15. The fourth-order valence-corrected chi connectivity index (χ4v) is 1.82. The standard InChI is InChI=1S/C14H16O3S/c1-11(15)18-9-5-4-6-12-7-8-13(16-2)14(10-12)17-3/h7-8,10H,5,9H2,1-3H3. The van der Waals surface area contributed by atoms with Gasteiger partial charge in [-0.15, -0.1) is 0 Å². The normalized spacial score (nSPS) is 9.28. The second-order valence-electron chi connectivity index (χ2n) is 3.46. The van der Waals surface area contributed by atoms with Crippen molar-refractivity contribution in [3.63, 3.8) is 0 Å². The van der Waals surface area contributed by atoms with Crippen LogP contribution in [0, 0.1) is 11.8 Å². The van der Waals surface area contributed by atoms with Gasteiger partial charge in [0.05, 0.1) is 14.2 Å². The minimum Gasteiger partial charge on any atom is -0.493 e. The molecule has 18 heavy (non-hydrogen) atoms. The van der Waals surface area contributed by atoms with Crippen LogP contribution >= 0.6 is 11.8 Å².